The number of ketones is 1. The minimum absolute atomic E-state index is 0.0325. The van der Waals surface area contributed by atoms with Crippen molar-refractivity contribution >= 4 is 5.78 Å². The molecule has 0 aromatic rings. The second-order valence-electron chi connectivity index (χ2n) is 10.3. The summed E-state index contributed by atoms with van der Waals surface area (Å²) in [7, 11) is 0. The number of hydrogen-bond donors (Lipinski definition) is 0. The van der Waals surface area contributed by atoms with E-state index in [1.54, 1.807) is 0 Å². The molecule has 0 saturated carbocycles. The van der Waals surface area contributed by atoms with Crippen LogP contribution in [-0.4, -0.2) is 5.78 Å². The van der Waals surface area contributed by atoms with Gasteiger partial charge in [-0.1, -0.05) is 92.0 Å². The zero-order chi connectivity index (χ0) is 18.9. The number of allylic oxidation sites excluding steroid dienone is 6. The van der Waals surface area contributed by atoms with Crippen LogP contribution in [0.25, 0.3) is 0 Å². The van der Waals surface area contributed by atoms with E-state index in [1.165, 1.54) is 25.7 Å². The lowest BCUT2D eigenvalue weighted by atomic mass is 9.62. The number of unbranched alkanes of at least 4 members (excludes halogenated alkanes) is 2. The summed E-state index contributed by atoms with van der Waals surface area (Å²) >= 11 is 0. The van der Waals surface area contributed by atoms with Gasteiger partial charge >= 0.3 is 0 Å². The van der Waals surface area contributed by atoms with Crippen LogP contribution < -0.4 is 0 Å². The molecule has 1 spiro atoms. The fourth-order valence-corrected chi connectivity index (χ4v) is 4.22. The van der Waals surface area contributed by atoms with Gasteiger partial charge in [0, 0.05) is 16.6 Å². The third-order valence-electron chi connectivity index (χ3n) is 5.70. The lowest BCUT2D eigenvalue weighted by Gasteiger charge is -2.41. The zero-order valence-electron chi connectivity index (χ0n) is 17.5. The molecule has 2 aliphatic rings. The maximum absolute atomic E-state index is 13.2. The van der Waals surface area contributed by atoms with Crippen LogP contribution in [0.1, 0.15) is 87.0 Å². The molecule has 0 bridgehead atoms. The summed E-state index contributed by atoms with van der Waals surface area (Å²) < 4.78 is 0. The molecule has 25 heavy (non-hydrogen) atoms. The summed E-state index contributed by atoms with van der Waals surface area (Å²) in [5, 5.41) is 0. The van der Waals surface area contributed by atoms with Gasteiger partial charge in [0.05, 0.1) is 0 Å². The topological polar surface area (TPSA) is 17.1 Å². The minimum atomic E-state index is -0.103. The highest BCUT2D eigenvalue weighted by Crippen LogP contribution is 2.49. The van der Waals surface area contributed by atoms with Crippen LogP contribution in [0.5, 0.6) is 0 Å². The third-order valence-corrected chi connectivity index (χ3v) is 5.70. The van der Waals surface area contributed by atoms with Gasteiger partial charge in [0.25, 0.3) is 0 Å². The van der Waals surface area contributed by atoms with Gasteiger partial charge in [-0.2, -0.15) is 0 Å². The first-order valence-corrected chi connectivity index (χ1v) is 10.2. The van der Waals surface area contributed by atoms with E-state index in [1.807, 2.05) is 0 Å². The first kappa shape index (κ1) is 20.2. The number of Topliss-reactive ketones (excluding diaryl/α,β-unsaturated/α-hetero) is 1. The standard InChI is InChI=1S/C24H38O/c1-8-9-10-12-18-13-11-14-24(15-18)16-19(22(2,3)4)21(25)20(17-24)23(5,6)7/h11,13,16-18H,8-10,12,14-15H2,1-7H3. The van der Waals surface area contributed by atoms with Crippen molar-refractivity contribution in [3.8, 4) is 0 Å². The summed E-state index contributed by atoms with van der Waals surface area (Å²) in [6.07, 6.45) is 16.8. The predicted octanol–water partition coefficient (Wildman–Crippen LogP) is 7.05. The summed E-state index contributed by atoms with van der Waals surface area (Å²) in [4.78, 5) is 13.2. The van der Waals surface area contributed by atoms with E-state index in [4.69, 9.17) is 0 Å². The fraction of sp³-hybridized carbons (Fsp3) is 0.708. The molecule has 0 N–H and O–H groups in total. The van der Waals surface area contributed by atoms with Crippen LogP contribution in [0.15, 0.2) is 35.5 Å². The summed E-state index contributed by atoms with van der Waals surface area (Å²) in [6.45, 7) is 15.3. The molecule has 1 unspecified atom stereocenters. The predicted molar refractivity (Wildman–Crippen MR) is 109 cm³/mol. The highest BCUT2D eigenvalue weighted by atomic mass is 16.1. The SMILES string of the molecule is CCCCCC1C=CCC2(C=C(C(C)(C)C)C(=O)C(C(C)(C)C)=C2)C1. The van der Waals surface area contributed by atoms with Crippen molar-refractivity contribution in [3.63, 3.8) is 0 Å². The maximum atomic E-state index is 13.2. The molecule has 0 aliphatic heterocycles. The van der Waals surface area contributed by atoms with Crippen molar-refractivity contribution in [1.29, 1.82) is 0 Å². The van der Waals surface area contributed by atoms with Crippen molar-refractivity contribution < 1.29 is 4.79 Å². The second-order valence-corrected chi connectivity index (χ2v) is 10.3. The van der Waals surface area contributed by atoms with Gasteiger partial charge in [-0.05, 0) is 36.0 Å². The number of hydrogen-bond acceptors (Lipinski definition) is 1. The van der Waals surface area contributed by atoms with Gasteiger partial charge in [0.1, 0.15) is 0 Å². The lowest BCUT2D eigenvalue weighted by molar-refractivity contribution is -0.114. The Morgan fingerprint density at radius 3 is 2.04 bits per heavy atom. The van der Waals surface area contributed by atoms with Gasteiger partial charge in [-0.15, -0.1) is 0 Å². The molecular weight excluding hydrogens is 304 g/mol. The summed E-state index contributed by atoms with van der Waals surface area (Å²) in [5.41, 5.74) is 1.86. The Morgan fingerprint density at radius 2 is 1.56 bits per heavy atom. The smallest absolute Gasteiger partial charge is 0.185 e. The van der Waals surface area contributed by atoms with Crippen LogP contribution in [0, 0.1) is 22.2 Å². The highest BCUT2D eigenvalue weighted by Gasteiger charge is 2.41. The van der Waals surface area contributed by atoms with E-state index in [-0.39, 0.29) is 22.0 Å². The van der Waals surface area contributed by atoms with Gasteiger partial charge < -0.3 is 0 Å². The average molecular weight is 343 g/mol. The van der Waals surface area contributed by atoms with Crippen LogP contribution in [-0.2, 0) is 4.79 Å². The van der Waals surface area contributed by atoms with Crippen molar-refractivity contribution in [2.24, 2.45) is 22.2 Å². The van der Waals surface area contributed by atoms with Gasteiger partial charge in [0.15, 0.2) is 5.78 Å². The first-order chi connectivity index (χ1) is 11.5. The molecule has 2 rings (SSSR count). The second kappa shape index (κ2) is 7.25. The molecule has 140 valence electrons. The molecule has 0 radical (unpaired) electrons. The molecule has 0 heterocycles. The normalized spacial score (nSPS) is 23.6. The summed E-state index contributed by atoms with van der Waals surface area (Å²) in [6, 6.07) is 0. The molecule has 0 aromatic heterocycles. The molecular formula is C24H38O. The van der Waals surface area contributed by atoms with E-state index in [2.05, 4.69) is 72.8 Å². The molecule has 1 atom stereocenters. The Hall–Kier alpha value is -1.11. The molecule has 1 nitrogen and oxygen atoms in total. The van der Waals surface area contributed by atoms with E-state index in [9.17, 15) is 4.79 Å². The van der Waals surface area contributed by atoms with Crippen molar-refractivity contribution in [3.05, 3.63) is 35.5 Å². The average Bonchev–Trinajstić information content (AvgIpc) is 2.48. The van der Waals surface area contributed by atoms with Crippen molar-refractivity contribution in [1.82, 2.24) is 0 Å². The molecule has 0 saturated heterocycles. The Bertz CT molecular complexity index is 553. The van der Waals surface area contributed by atoms with Gasteiger partial charge in [-0.3, -0.25) is 4.79 Å². The van der Waals surface area contributed by atoms with Crippen LogP contribution in [0.2, 0.25) is 0 Å². The maximum Gasteiger partial charge on any atom is 0.185 e. The Labute approximate surface area is 155 Å². The molecule has 1 heteroatoms. The monoisotopic (exact) mass is 342 g/mol. The quantitative estimate of drug-likeness (QED) is 0.395. The lowest BCUT2D eigenvalue weighted by Crippen LogP contribution is -2.35. The zero-order valence-corrected chi connectivity index (χ0v) is 17.5. The molecule has 0 amide bonds. The van der Waals surface area contributed by atoms with E-state index >= 15 is 0 Å². The van der Waals surface area contributed by atoms with E-state index in [0.29, 0.717) is 5.92 Å². The van der Waals surface area contributed by atoms with Crippen molar-refractivity contribution in [2.45, 2.75) is 87.0 Å². The van der Waals surface area contributed by atoms with Crippen LogP contribution in [0.3, 0.4) is 0 Å². The minimum Gasteiger partial charge on any atom is -0.289 e. The number of carbonyl (C=O) groups is 1. The number of carbonyl (C=O) groups excluding carboxylic acids is 1. The molecule has 0 fully saturated rings. The Kier molecular flexibility index (Phi) is 5.86. The van der Waals surface area contributed by atoms with Crippen LogP contribution in [0.4, 0.5) is 0 Å². The van der Waals surface area contributed by atoms with Crippen molar-refractivity contribution in [2.75, 3.05) is 0 Å². The van der Waals surface area contributed by atoms with Gasteiger partial charge in [0.2, 0.25) is 0 Å². The molecule has 0 aromatic carbocycles. The number of rotatable bonds is 4. The van der Waals surface area contributed by atoms with Gasteiger partial charge in [-0.25, -0.2) is 0 Å². The van der Waals surface area contributed by atoms with E-state index in [0.717, 1.165) is 24.0 Å². The van der Waals surface area contributed by atoms with Crippen LogP contribution >= 0.6 is 0 Å². The molecule has 2 aliphatic carbocycles. The largest absolute Gasteiger partial charge is 0.289 e. The highest BCUT2D eigenvalue weighted by molar-refractivity contribution is 6.11. The Balaban J connectivity index is 2.39. The fourth-order valence-electron chi connectivity index (χ4n) is 4.22. The summed E-state index contributed by atoms with van der Waals surface area (Å²) in [5.74, 6) is 0.908. The van der Waals surface area contributed by atoms with E-state index < -0.39 is 0 Å². The Morgan fingerprint density at radius 1 is 1.00 bits per heavy atom. The third kappa shape index (κ3) is 4.74. The first-order valence-electron chi connectivity index (χ1n) is 10.2.